The van der Waals surface area contributed by atoms with E-state index in [4.69, 9.17) is 9.26 Å². The van der Waals surface area contributed by atoms with Gasteiger partial charge in [-0.2, -0.15) is 4.39 Å². The number of amides is 1. The number of benzene rings is 1. The van der Waals surface area contributed by atoms with E-state index in [1.807, 2.05) is 0 Å². The zero-order valence-electron chi connectivity index (χ0n) is 12.6. The summed E-state index contributed by atoms with van der Waals surface area (Å²) in [4.78, 5) is 33.3. The summed E-state index contributed by atoms with van der Waals surface area (Å²) in [6, 6.07) is 4.02. The maximum Gasteiger partial charge on any atom is 0.339 e. The monoisotopic (exact) mass is 337 g/mol. The van der Waals surface area contributed by atoms with Crippen LogP contribution in [0.25, 0.3) is 0 Å². The molecule has 2 rings (SSSR count). The molecule has 1 heterocycles. The van der Waals surface area contributed by atoms with Gasteiger partial charge in [-0.05, 0) is 26.0 Å². The van der Waals surface area contributed by atoms with E-state index in [0.717, 1.165) is 12.1 Å². The first-order valence-corrected chi connectivity index (χ1v) is 6.67. The first kappa shape index (κ1) is 17.1. The topological polar surface area (TPSA) is 125 Å². The fourth-order valence-electron chi connectivity index (χ4n) is 1.71. The first-order valence-electron chi connectivity index (χ1n) is 6.67. The number of ether oxygens (including phenoxy) is 1. The van der Waals surface area contributed by atoms with E-state index in [1.165, 1.54) is 13.0 Å². The van der Waals surface area contributed by atoms with Crippen LogP contribution in [0.3, 0.4) is 0 Å². The summed E-state index contributed by atoms with van der Waals surface area (Å²) in [5, 5.41) is 16.4. The smallest absolute Gasteiger partial charge is 0.339 e. The SMILES string of the molecule is Cc1cc(NC(=O)[C@H](C)OC(=O)c2ccc([N+](=O)[O-])c(F)c2)on1. The largest absolute Gasteiger partial charge is 0.449 e. The maximum absolute atomic E-state index is 13.5. The van der Waals surface area contributed by atoms with E-state index in [1.54, 1.807) is 6.92 Å². The van der Waals surface area contributed by atoms with E-state index < -0.39 is 34.4 Å². The fourth-order valence-corrected chi connectivity index (χ4v) is 1.71. The van der Waals surface area contributed by atoms with Gasteiger partial charge in [-0.25, -0.2) is 4.79 Å². The van der Waals surface area contributed by atoms with E-state index in [-0.39, 0.29) is 11.4 Å². The molecule has 0 unspecified atom stereocenters. The van der Waals surface area contributed by atoms with Gasteiger partial charge in [0.2, 0.25) is 11.7 Å². The Morgan fingerprint density at radius 3 is 2.67 bits per heavy atom. The Bertz CT molecular complexity index is 804. The van der Waals surface area contributed by atoms with Crippen molar-refractivity contribution in [3.05, 3.63) is 51.5 Å². The van der Waals surface area contributed by atoms with Crippen LogP contribution in [0.15, 0.2) is 28.8 Å². The van der Waals surface area contributed by atoms with E-state index in [0.29, 0.717) is 11.8 Å². The molecule has 1 amide bonds. The van der Waals surface area contributed by atoms with Gasteiger partial charge >= 0.3 is 11.7 Å². The molecule has 0 radical (unpaired) electrons. The van der Waals surface area contributed by atoms with Gasteiger partial charge in [0.1, 0.15) is 0 Å². The zero-order chi connectivity index (χ0) is 17.9. The number of nitrogens with one attached hydrogen (secondary N) is 1. The molecule has 0 saturated carbocycles. The zero-order valence-corrected chi connectivity index (χ0v) is 12.6. The normalized spacial score (nSPS) is 11.6. The average molecular weight is 337 g/mol. The number of nitro benzene ring substituents is 1. The van der Waals surface area contributed by atoms with Gasteiger partial charge in [-0.3, -0.25) is 20.2 Å². The number of rotatable bonds is 5. The molecule has 1 atom stereocenters. The minimum atomic E-state index is -1.21. The Balaban J connectivity index is 2.01. The van der Waals surface area contributed by atoms with E-state index in [9.17, 15) is 24.1 Å². The van der Waals surface area contributed by atoms with Crippen molar-refractivity contribution in [2.75, 3.05) is 5.32 Å². The predicted molar refractivity (Wildman–Crippen MR) is 77.8 cm³/mol. The lowest BCUT2D eigenvalue weighted by atomic mass is 10.2. The molecular formula is C14H12FN3O6. The lowest BCUT2D eigenvalue weighted by Crippen LogP contribution is -2.29. The van der Waals surface area contributed by atoms with E-state index in [2.05, 4.69) is 10.5 Å². The molecule has 0 spiro atoms. The molecule has 9 nitrogen and oxygen atoms in total. The highest BCUT2D eigenvalue weighted by Gasteiger charge is 2.22. The summed E-state index contributed by atoms with van der Waals surface area (Å²) in [6.45, 7) is 2.96. The predicted octanol–water partition coefficient (Wildman–Crippen LogP) is 2.21. The highest BCUT2D eigenvalue weighted by molar-refractivity contribution is 5.96. The van der Waals surface area contributed by atoms with Crippen molar-refractivity contribution >= 4 is 23.4 Å². The van der Waals surface area contributed by atoms with Gasteiger partial charge in [0.25, 0.3) is 5.91 Å². The van der Waals surface area contributed by atoms with Crippen molar-refractivity contribution < 1.29 is 28.2 Å². The standard InChI is InChI=1S/C14H12FN3O6/c1-7-5-12(24-17-7)16-13(19)8(2)23-14(20)9-3-4-11(18(21)22)10(15)6-9/h3-6,8H,1-2H3,(H,16,19)/t8-/m0/s1. The van der Waals surface area contributed by atoms with Gasteiger partial charge in [0.05, 0.1) is 16.2 Å². The lowest BCUT2D eigenvalue weighted by Gasteiger charge is -2.12. The number of aryl methyl sites for hydroxylation is 1. The first-order chi connectivity index (χ1) is 11.3. The Hall–Kier alpha value is -3.30. The molecule has 0 bridgehead atoms. The number of esters is 1. The Labute approximate surface area is 134 Å². The van der Waals surface area contributed by atoms with Crippen LogP contribution >= 0.6 is 0 Å². The fraction of sp³-hybridized carbons (Fsp3) is 0.214. The Morgan fingerprint density at radius 1 is 1.42 bits per heavy atom. The lowest BCUT2D eigenvalue weighted by molar-refractivity contribution is -0.387. The van der Waals surface area contributed by atoms with Gasteiger partial charge in [0.15, 0.2) is 6.10 Å². The summed E-state index contributed by atoms with van der Waals surface area (Å²) >= 11 is 0. The second-order valence-corrected chi connectivity index (χ2v) is 4.79. The molecule has 1 N–H and O–H groups in total. The van der Waals surface area contributed by atoms with Crippen LogP contribution in [0.4, 0.5) is 16.0 Å². The summed E-state index contributed by atoms with van der Waals surface area (Å²) in [5.74, 6) is -2.77. The van der Waals surface area contributed by atoms with Crippen LogP contribution < -0.4 is 5.32 Å². The van der Waals surface area contributed by atoms with Gasteiger partial charge in [-0.1, -0.05) is 5.16 Å². The van der Waals surface area contributed by atoms with Crippen molar-refractivity contribution in [3.8, 4) is 0 Å². The van der Waals surface area contributed by atoms with Gasteiger partial charge in [0, 0.05) is 12.1 Å². The molecule has 24 heavy (non-hydrogen) atoms. The van der Waals surface area contributed by atoms with Crippen LogP contribution in [0.1, 0.15) is 23.0 Å². The van der Waals surface area contributed by atoms with Gasteiger partial charge < -0.3 is 9.26 Å². The quantitative estimate of drug-likeness (QED) is 0.504. The third-order valence-electron chi connectivity index (χ3n) is 2.91. The van der Waals surface area contributed by atoms with Crippen molar-refractivity contribution in [2.45, 2.75) is 20.0 Å². The van der Waals surface area contributed by atoms with Crippen LogP contribution in [-0.4, -0.2) is 28.1 Å². The van der Waals surface area contributed by atoms with Crippen molar-refractivity contribution in [1.82, 2.24) is 5.16 Å². The average Bonchev–Trinajstić information content (AvgIpc) is 2.91. The van der Waals surface area contributed by atoms with Crippen molar-refractivity contribution in [2.24, 2.45) is 0 Å². The highest BCUT2D eigenvalue weighted by atomic mass is 19.1. The molecule has 0 saturated heterocycles. The number of hydrogen-bond donors (Lipinski definition) is 1. The number of halogens is 1. The van der Waals surface area contributed by atoms with Crippen LogP contribution in [0, 0.1) is 22.9 Å². The van der Waals surface area contributed by atoms with Crippen molar-refractivity contribution in [1.29, 1.82) is 0 Å². The third-order valence-corrected chi connectivity index (χ3v) is 2.91. The van der Waals surface area contributed by atoms with Crippen LogP contribution in [-0.2, 0) is 9.53 Å². The molecular weight excluding hydrogens is 325 g/mol. The summed E-state index contributed by atoms with van der Waals surface area (Å²) in [6.07, 6.45) is -1.21. The van der Waals surface area contributed by atoms with E-state index >= 15 is 0 Å². The Kier molecular flexibility index (Phi) is 4.87. The highest BCUT2D eigenvalue weighted by Crippen LogP contribution is 2.19. The number of nitrogens with zero attached hydrogens (tertiary/aromatic N) is 2. The molecule has 1 aromatic heterocycles. The van der Waals surface area contributed by atoms with Crippen molar-refractivity contribution in [3.63, 3.8) is 0 Å². The number of carbonyl (C=O) groups excluding carboxylic acids is 2. The molecule has 2 aromatic rings. The molecule has 0 aliphatic carbocycles. The number of anilines is 1. The number of hydrogen-bond acceptors (Lipinski definition) is 7. The van der Waals surface area contributed by atoms with Crippen LogP contribution in [0.5, 0.6) is 0 Å². The second-order valence-electron chi connectivity index (χ2n) is 4.79. The molecule has 0 fully saturated rings. The number of aromatic nitrogens is 1. The third kappa shape index (κ3) is 3.91. The second kappa shape index (κ2) is 6.86. The molecule has 126 valence electrons. The minimum Gasteiger partial charge on any atom is -0.449 e. The number of nitro groups is 1. The summed E-state index contributed by atoms with van der Waals surface area (Å²) < 4.78 is 23.2. The minimum absolute atomic E-state index is 0.0850. The van der Waals surface area contributed by atoms with Crippen LogP contribution in [0.2, 0.25) is 0 Å². The number of carbonyl (C=O) groups is 2. The molecule has 0 aliphatic heterocycles. The summed E-state index contributed by atoms with van der Waals surface area (Å²) in [7, 11) is 0. The molecule has 0 aliphatic rings. The maximum atomic E-state index is 13.5. The van der Waals surface area contributed by atoms with Gasteiger partial charge in [-0.15, -0.1) is 0 Å². The summed E-state index contributed by atoms with van der Waals surface area (Å²) in [5.41, 5.74) is -0.470. The Morgan fingerprint density at radius 2 is 2.12 bits per heavy atom. The molecule has 1 aromatic carbocycles. The molecule has 10 heteroatoms.